The van der Waals surface area contributed by atoms with Crippen LogP contribution in [0.25, 0.3) is 0 Å². The van der Waals surface area contributed by atoms with Crippen LogP contribution < -0.4 is 14.4 Å². The van der Waals surface area contributed by atoms with Crippen LogP contribution in [-0.2, 0) is 14.8 Å². The van der Waals surface area contributed by atoms with Crippen LogP contribution in [0, 0.1) is 6.92 Å². The summed E-state index contributed by atoms with van der Waals surface area (Å²) in [7, 11) is -3.81. The quantitative estimate of drug-likeness (QED) is 0.692. The number of nitrogens with one attached hydrogen (secondary N) is 1. The molecule has 0 aliphatic carbocycles. The highest BCUT2D eigenvalue weighted by Crippen LogP contribution is 2.30. The van der Waals surface area contributed by atoms with Gasteiger partial charge in [0.05, 0.1) is 17.6 Å². The van der Waals surface area contributed by atoms with E-state index in [-0.39, 0.29) is 16.5 Å². The summed E-state index contributed by atoms with van der Waals surface area (Å²) in [5.41, 5.74) is 0.831. The Kier molecular flexibility index (Phi) is 7.02. The first-order chi connectivity index (χ1) is 13.4. The van der Waals surface area contributed by atoms with Crippen molar-refractivity contribution in [3.8, 4) is 5.75 Å². The SMILES string of the molecule is Cc1ccccc1N(CC(=O)Nc1cc(Cl)ccc1OCC(F)(F)F)S(C)(=O)=O. The Morgan fingerprint density at radius 2 is 1.86 bits per heavy atom. The van der Waals surface area contributed by atoms with E-state index >= 15 is 0 Å². The van der Waals surface area contributed by atoms with Crippen LogP contribution >= 0.6 is 11.6 Å². The van der Waals surface area contributed by atoms with Crippen molar-refractivity contribution in [3.63, 3.8) is 0 Å². The summed E-state index contributed by atoms with van der Waals surface area (Å²) < 4.78 is 67.3. The molecular formula is C18H18ClF3N2O4S. The molecule has 11 heteroatoms. The van der Waals surface area contributed by atoms with Gasteiger partial charge in [0.15, 0.2) is 6.61 Å². The van der Waals surface area contributed by atoms with Crippen molar-refractivity contribution in [3.05, 3.63) is 53.1 Å². The van der Waals surface area contributed by atoms with E-state index in [1.807, 2.05) is 0 Å². The van der Waals surface area contributed by atoms with Gasteiger partial charge in [-0.1, -0.05) is 29.8 Å². The van der Waals surface area contributed by atoms with E-state index in [4.69, 9.17) is 16.3 Å². The Morgan fingerprint density at radius 1 is 1.21 bits per heavy atom. The van der Waals surface area contributed by atoms with Crippen LogP contribution in [0.2, 0.25) is 5.02 Å². The van der Waals surface area contributed by atoms with Gasteiger partial charge in [0.25, 0.3) is 0 Å². The second kappa shape index (κ2) is 8.91. The molecule has 0 saturated carbocycles. The zero-order chi connectivity index (χ0) is 21.8. The fourth-order valence-corrected chi connectivity index (χ4v) is 3.52. The number of rotatable bonds is 7. The van der Waals surface area contributed by atoms with E-state index in [1.165, 1.54) is 18.2 Å². The summed E-state index contributed by atoms with van der Waals surface area (Å²) >= 11 is 5.85. The topological polar surface area (TPSA) is 75.7 Å². The molecule has 29 heavy (non-hydrogen) atoms. The third-order valence-corrected chi connectivity index (χ3v) is 5.04. The Balaban J connectivity index is 2.25. The average molecular weight is 451 g/mol. The fraction of sp³-hybridized carbons (Fsp3) is 0.278. The highest BCUT2D eigenvalue weighted by molar-refractivity contribution is 7.92. The number of alkyl halides is 3. The Hall–Kier alpha value is -2.46. The van der Waals surface area contributed by atoms with Crippen molar-refractivity contribution in [1.82, 2.24) is 0 Å². The maximum absolute atomic E-state index is 12.5. The van der Waals surface area contributed by atoms with Crippen LogP contribution in [0.4, 0.5) is 24.5 Å². The zero-order valence-corrected chi connectivity index (χ0v) is 17.0. The molecule has 0 unspecified atom stereocenters. The smallest absolute Gasteiger partial charge is 0.422 e. The predicted octanol–water partition coefficient (Wildman–Crippen LogP) is 3.99. The maximum atomic E-state index is 12.5. The normalized spacial score (nSPS) is 11.8. The number of para-hydroxylation sites is 1. The van der Waals surface area contributed by atoms with Gasteiger partial charge in [0, 0.05) is 5.02 Å². The maximum Gasteiger partial charge on any atom is 0.422 e. The summed E-state index contributed by atoms with van der Waals surface area (Å²) in [4.78, 5) is 12.5. The first kappa shape index (κ1) is 22.8. The minimum Gasteiger partial charge on any atom is -0.482 e. The number of benzene rings is 2. The summed E-state index contributed by atoms with van der Waals surface area (Å²) in [5.74, 6) is -1.03. The van der Waals surface area contributed by atoms with Crippen LogP contribution in [0.5, 0.6) is 5.75 Å². The van der Waals surface area contributed by atoms with Crippen LogP contribution in [0.1, 0.15) is 5.56 Å². The predicted molar refractivity (Wildman–Crippen MR) is 105 cm³/mol. The molecule has 0 atom stereocenters. The lowest BCUT2D eigenvalue weighted by atomic mass is 10.2. The van der Waals surface area contributed by atoms with Gasteiger partial charge in [-0.15, -0.1) is 0 Å². The number of hydrogen-bond donors (Lipinski definition) is 1. The number of carbonyl (C=O) groups is 1. The van der Waals surface area contributed by atoms with Crippen molar-refractivity contribution in [2.45, 2.75) is 13.1 Å². The number of sulfonamides is 1. The molecule has 0 aliphatic heterocycles. The number of carbonyl (C=O) groups excluding carboxylic acids is 1. The van der Waals surface area contributed by atoms with Gasteiger partial charge in [-0.05, 0) is 36.8 Å². The van der Waals surface area contributed by atoms with Crippen molar-refractivity contribution < 1.29 is 31.1 Å². The minimum absolute atomic E-state index is 0.106. The lowest BCUT2D eigenvalue weighted by Crippen LogP contribution is -2.38. The molecule has 2 aromatic rings. The fourth-order valence-electron chi connectivity index (χ4n) is 2.43. The van der Waals surface area contributed by atoms with Crippen molar-refractivity contribution in [1.29, 1.82) is 0 Å². The first-order valence-electron chi connectivity index (χ1n) is 8.19. The Bertz CT molecular complexity index is 997. The molecule has 0 heterocycles. The van der Waals surface area contributed by atoms with Crippen molar-refractivity contribution in [2.75, 3.05) is 29.0 Å². The van der Waals surface area contributed by atoms with Crippen LogP contribution in [-0.4, -0.2) is 39.9 Å². The third-order valence-electron chi connectivity index (χ3n) is 3.68. The van der Waals surface area contributed by atoms with E-state index < -0.39 is 35.3 Å². The molecule has 0 fully saturated rings. The van der Waals surface area contributed by atoms with Crippen molar-refractivity contribution >= 4 is 38.9 Å². The summed E-state index contributed by atoms with van der Waals surface area (Å²) in [5, 5.41) is 2.51. The van der Waals surface area contributed by atoms with Gasteiger partial charge in [-0.25, -0.2) is 8.42 Å². The summed E-state index contributed by atoms with van der Waals surface area (Å²) in [6.07, 6.45) is -3.62. The molecule has 0 bridgehead atoms. The van der Waals surface area contributed by atoms with E-state index in [0.29, 0.717) is 11.3 Å². The molecular weight excluding hydrogens is 433 g/mol. The Labute approximate surface area is 171 Å². The first-order valence-corrected chi connectivity index (χ1v) is 10.4. The standard InChI is InChI=1S/C18H18ClF3N2O4S/c1-12-5-3-4-6-15(12)24(29(2,26)27)10-17(25)23-14-9-13(19)7-8-16(14)28-11-18(20,21)22/h3-9H,10-11H2,1-2H3,(H,23,25). The number of nitrogens with zero attached hydrogens (tertiary/aromatic N) is 1. The van der Waals surface area contributed by atoms with Gasteiger partial charge in [0.2, 0.25) is 15.9 Å². The van der Waals surface area contributed by atoms with Crippen LogP contribution in [0.3, 0.4) is 0 Å². The van der Waals surface area contributed by atoms with Crippen molar-refractivity contribution in [2.24, 2.45) is 0 Å². The van der Waals surface area contributed by atoms with Gasteiger partial charge in [-0.2, -0.15) is 13.2 Å². The van der Waals surface area contributed by atoms with Gasteiger partial charge in [0.1, 0.15) is 12.3 Å². The van der Waals surface area contributed by atoms with E-state index in [2.05, 4.69) is 5.32 Å². The second-order valence-electron chi connectivity index (χ2n) is 6.15. The molecule has 1 amide bonds. The molecule has 0 aliphatic rings. The molecule has 0 spiro atoms. The molecule has 2 rings (SSSR count). The number of aryl methyl sites for hydroxylation is 1. The lowest BCUT2D eigenvalue weighted by molar-refractivity contribution is -0.153. The number of hydrogen-bond acceptors (Lipinski definition) is 4. The molecule has 2 aromatic carbocycles. The minimum atomic E-state index is -4.57. The Morgan fingerprint density at radius 3 is 2.45 bits per heavy atom. The molecule has 1 N–H and O–H groups in total. The highest BCUT2D eigenvalue weighted by Gasteiger charge is 2.29. The molecule has 6 nitrogen and oxygen atoms in total. The van der Waals surface area contributed by atoms with Gasteiger partial charge >= 0.3 is 6.18 Å². The highest BCUT2D eigenvalue weighted by atomic mass is 35.5. The second-order valence-corrected chi connectivity index (χ2v) is 8.49. The summed E-state index contributed by atoms with van der Waals surface area (Å²) in [6, 6.07) is 10.3. The van der Waals surface area contributed by atoms with E-state index in [0.717, 1.165) is 10.6 Å². The molecule has 0 aromatic heterocycles. The monoisotopic (exact) mass is 450 g/mol. The number of ether oxygens (including phenoxy) is 1. The largest absolute Gasteiger partial charge is 0.482 e. The number of halogens is 4. The molecule has 158 valence electrons. The van der Waals surface area contributed by atoms with Crippen LogP contribution in [0.15, 0.2) is 42.5 Å². The van der Waals surface area contributed by atoms with Gasteiger partial charge < -0.3 is 10.1 Å². The molecule has 0 saturated heterocycles. The lowest BCUT2D eigenvalue weighted by Gasteiger charge is -2.24. The van der Waals surface area contributed by atoms with Gasteiger partial charge in [-0.3, -0.25) is 9.10 Å². The summed E-state index contributed by atoms with van der Waals surface area (Å²) in [6.45, 7) is -0.462. The third kappa shape index (κ3) is 6.82. The van der Waals surface area contributed by atoms with E-state index in [9.17, 15) is 26.4 Å². The number of anilines is 2. The van der Waals surface area contributed by atoms with E-state index in [1.54, 1.807) is 31.2 Å². The zero-order valence-electron chi connectivity index (χ0n) is 15.5. The molecule has 0 radical (unpaired) electrons. The number of amides is 1. The average Bonchev–Trinajstić information content (AvgIpc) is 2.58.